The molecule has 0 aliphatic heterocycles. The molecule has 1 aromatic heterocycles. The van der Waals surface area contributed by atoms with Gasteiger partial charge in [0.1, 0.15) is 11.4 Å². The normalized spacial score (nSPS) is 10.7. The summed E-state index contributed by atoms with van der Waals surface area (Å²) in [5.41, 5.74) is 3.39. The Labute approximate surface area is 212 Å². The standard InChI is InChI=1S/C26H22ClN3O2S2/c1-17-5-3-4-6-18(17)16-33-26-28-15-23(34-22-13-7-19(27)8-14-22)24(30-26)25(31)29-20-9-11-21(32-2)12-10-20/h3-15H,16H2,1-2H3,(H,29,31). The third-order valence-corrected chi connectivity index (χ3v) is 7.14. The molecule has 8 heteroatoms. The first-order chi connectivity index (χ1) is 16.5. The van der Waals surface area contributed by atoms with E-state index < -0.39 is 0 Å². The highest BCUT2D eigenvalue weighted by Crippen LogP contribution is 2.32. The Morgan fingerprint density at radius 3 is 2.47 bits per heavy atom. The van der Waals surface area contributed by atoms with Gasteiger partial charge in [-0.3, -0.25) is 4.79 Å². The van der Waals surface area contributed by atoms with Crippen molar-refractivity contribution in [2.45, 2.75) is 27.6 Å². The zero-order valence-corrected chi connectivity index (χ0v) is 21.0. The number of nitrogens with one attached hydrogen (secondary N) is 1. The predicted molar refractivity (Wildman–Crippen MR) is 139 cm³/mol. The maximum Gasteiger partial charge on any atom is 0.275 e. The molecule has 5 nitrogen and oxygen atoms in total. The van der Waals surface area contributed by atoms with Crippen LogP contribution in [0.2, 0.25) is 5.02 Å². The Kier molecular flexibility index (Phi) is 8.11. The molecule has 0 unspecified atom stereocenters. The summed E-state index contributed by atoms with van der Waals surface area (Å²) in [6.07, 6.45) is 1.70. The van der Waals surface area contributed by atoms with Gasteiger partial charge in [0.2, 0.25) is 0 Å². The summed E-state index contributed by atoms with van der Waals surface area (Å²) in [4.78, 5) is 24.0. The van der Waals surface area contributed by atoms with Crippen LogP contribution >= 0.6 is 35.1 Å². The molecule has 0 spiro atoms. The topological polar surface area (TPSA) is 64.1 Å². The molecule has 172 valence electrons. The summed E-state index contributed by atoms with van der Waals surface area (Å²) in [5.74, 6) is 1.13. The van der Waals surface area contributed by atoms with Crippen LogP contribution in [0.4, 0.5) is 5.69 Å². The zero-order valence-electron chi connectivity index (χ0n) is 18.6. The van der Waals surface area contributed by atoms with Gasteiger partial charge in [-0.15, -0.1) is 0 Å². The number of hydrogen-bond acceptors (Lipinski definition) is 6. The fraction of sp³-hybridized carbons (Fsp3) is 0.115. The highest BCUT2D eigenvalue weighted by atomic mass is 35.5. The molecule has 4 aromatic rings. The van der Waals surface area contributed by atoms with Crippen LogP contribution in [0.5, 0.6) is 5.75 Å². The van der Waals surface area contributed by atoms with E-state index in [2.05, 4.69) is 34.3 Å². The fourth-order valence-electron chi connectivity index (χ4n) is 3.07. The van der Waals surface area contributed by atoms with Crippen molar-refractivity contribution in [1.82, 2.24) is 9.97 Å². The number of carbonyl (C=O) groups is 1. The lowest BCUT2D eigenvalue weighted by atomic mass is 10.1. The lowest BCUT2D eigenvalue weighted by Crippen LogP contribution is -2.16. The van der Waals surface area contributed by atoms with E-state index in [0.29, 0.717) is 32.2 Å². The molecule has 0 aliphatic rings. The van der Waals surface area contributed by atoms with E-state index >= 15 is 0 Å². The summed E-state index contributed by atoms with van der Waals surface area (Å²) in [6, 6.07) is 22.8. The molecule has 3 aromatic carbocycles. The molecule has 4 rings (SSSR count). The second-order valence-electron chi connectivity index (χ2n) is 7.32. The molecule has 0 aliphatic carbocycles. The number of anilines is 1. The molecule has 1 N–H and O–H groups in total. The maximum atomic E-state index is 13.2. The summed E-state index contributed by atoms with van der Waals surface area (Å²) in [7, 11) is 1.60. The Bertz CT molecular complexity index is 1280. The van der Waals surface area contributed by atoms with E-state index in [4.69, 9.17) is 16.3 Å². The van der Waals surface area contributed by atoms with Gasteiger partial charge < -0.3 is 10.1 Å². The van der Waals surface area contributed by atoms with Crippen molar-refractivity contribution in [3.8, 4) is 5.75 Å². The van der Waals surface area contributed by atoms with Gasteiger partial charge in [0.15, 0.2) is 5.16 Å². The monoisotopic (exact) mass is 507 g/mol. The van der Waals surface area contributed by atoms with E-state index in [0.717, 1.165) is 10.6 Å². The molecule has 0 atom stereocenters. The minimum Gasteiger partial charge on any atom is -0.497 e. The Balaban J connectivity index is 1.59. The number of rotatable bonds is 8. The average Bonchev–Trinajstić information content (AvgIpc) is 2.86. The predicted octanol–water partition coefficient (Wildman–Crippen LogP) is 7.14. The van der Waals surface area contributed by atoms with Gasteiger partial charge in [-0.1, -0.05) is 59.4 Å². The second kappa shape index (κ2) is 11.4. The van der Waals surface area contributed by atoms with Gasteiger partial charge in [-0.2, -0.15) is 0 Å². The van der Waals surface area contributed by atoms with Gasteiger partial charge in [-0.25, -0.2) is 9.97 Å². The molecular formula is C26H22ClN3O2S2. The van der Waals surface area contributed by atoms with Crippen molar-refractivity contribution in [3.05, 3.63) is 101 Å². The van der Waals surface area contributed by atoms with E-state index in [1.54, 1.807) is 37.6 Å². The molecule has 0 radical (unpaired) electrons. The average molecular weight is 508 g/mol. The van der Waals surface area contributed by atoms with Crippen molar-refractivity contribution in [2.24, 2.45) is 0 Å². The van der Waals surface area contributed by atoms with Crippen LogP contribution < -0.4 is 10.1 Å². The van der Waals surface area contributed by atoms with Gasteiger partial charge in [0.05, 0.1) is 12.0 Å². The zero-order chi connectivity index (χ0) is 23.9. The highest BCUT2D eigenvalue weighted by molar-refractivity contribution is 7.99. The second-order valence-corrected chi connectivity index (χ2v) is 9.81. The van der Waals surface area contributed by atoms with Crippen LogP contribution in [0, 0.1) is 6.92 Å². The number of ether oxygens (including phenoxy) is 1. The van der Waals surface area contributed by atoms with Crippen LogP contribution in [0.3, 0.4) is 0 Å². The summed E-state index contributed by atoms with van der Waals surface area (Å²) in [5, 5.41) is 4.13. The van der Waals surface area contributed by atoms with Gasteiger partial charge >= 0.3 is 0 Å². The van der Waals surface area contributed by atoms with Crippen molar-refractivity contribution in [1.29, 1.82) is 0 Å². The van der Waals surface area contributed by atoms with E-state index in [1.165, 1.54) is 34.7 Å². The number of aryl methyl sites for hydroxylation is 1. The number of amides is 1. The Morgan fingerprint density at radius 1 is 1.03 bits per heavy atom. The van der Waals surface area contributed by atoms with Crippen LogP contribution in [0.1, 0.15) is 21.6 Å². The third kappa shape index (κ3) is 6.32. The quantitative estimate of drug-likeness (QED) is 0.202. The third-order valence-electron chi connectivity index (χ3n) is 4.96. The summed E-state index contributed by atoms with van der Waals surface area (Å²) in [6.45, 7) is 2.08. The summed E-state index contributed by atoms with van der Waals surface area (Å²) >= 11 is 8.94. The van der Waals surface area contributed by atoms with E-state index in [1.807, 2.05) is 36.4 Å². The Hall–Kier alpha value is -3.00. The molecule has 0 fully saturated rings. The van der Waals surface area contributed by atoms with Crippen molar-refractivity contribution >= 4 is 46.7 Å². The molecule has 0 saturated carbocycles. The van der Waals surface area contributed by atoms with Crippen LogP contribution in [-0.4, -0.2) is 23.0 Å². The number of benzene rings is 3. The SMILES string of the molecule is COc1ccc(NC(=O)c2nc(SCc3ccccc3C)ncc2Sc2ccc(Cl)cc2)cc1. The van der Waals surface area contributed by atoms with Gasteiger partial charge in [0, 0.05) is 27.6 Å². The number of hydrogen-bond donors (Lipinski definition) is 1. The lowest BCUT2D eigenvalue weighted by molar-refractivity contribution is 0.101. The van der Waals surface area contributed by atoms with E-state index in [9.17, 15) is 4.79 Å². The largest absolute Gasteiger partial charge is 0.497 e. The van der Waals surface area contributed by atoms with E-state index in [-0.39, 0.29) is 5.91 Å². The Morgan fingerprint density at radius 2 is 1.76 bits per heavy atom. The highest BCUT2D eigenvalue weighted by Gasteiger charge is 2.18. The van der Waals surface area contributed by atoms with Crippen molar-refractivity contribution in [3.63, 3.8) is 0 Å². The minimum absolute atomic E-state index is 0.304. The molecule has 34 heavy (non-hydrogen) atoms. The van der Waals surface area contributed by atoms with Gasteiger partial charge in [-0.05, 0) is 66.6 Å². The van der Waals surface area contributed by atoms with Crippen molar-refractivity contribution in [2.75, 3.05) is 12.4 Å². The molecule has 0 saturated heterocycles. The first-order valence-corrected chi connectivity index (χ1v) is 12.6. The smallest absolute Gasteiger partial charge is 0.275 e. The number of nitrogens with zero attached hydrogens (tertiary/aromatic N) is 2. The van der Waals surface area contributed by atoms with Crippen LogP contribution in [0.25, 0.3) is 0 Å². The first-order valence-electron chi connectivity index (χ1n) is 10.4. The number of methoxy groups -OCH3 is 1. The molecule has 1 heterocycles. The molecule has 0 bridgehead atoms. The number of aromatic nitrogens is 2. The van der Waals surface area contributed by atoms with Crippen LogP contribution in [0.15, 0.2) is 93.9 Å². The lowest BCUT2D eigenvalue weighted by Gasteiger charge is -2.11. The first kappa shape index (κ1) is 24.1. The number of halogens is 1. The minimum atomic E-state index is -0.304. The molecular weight excluding hydrogens is 486 g/mol. The number of carbonyl (C=O) groups excluding carboxylic acids is 1. The molecule has 1 amide bonds. The number of thioether (sulfide) groups is 1. The van der Waals surface area contributed by atoms with Crippen molar-refractivity contribution < 1.29 is 9.53 Å². The van der Waals surface area contributed by atoms with Crippen LogP contribution in [-0.2, 0) is 5.75 Å². The summed E-state index contributed by atoms with van der Waals surface area (Å²) < 4.78 is 5.19. The maximum absolute atomic E-state index is 13.2. The fourth-order valence-corrected chi connectivity index (χ4v) is 4.95. The van der Waals surface area contributed by atoms with Gasteiger partial charge in [0.25, 0.3) is 5.91 Å².